The van der Waals surface area contributed by atoms with Crippen molar-refractivity contribution in [1.29, 1.82) is 0 Å². The summed E-state index contributed by atoms with van der Waals surface area (Å²) in [6.45, 7) is 12.6. The van der Waals surface area contributed by atoms with Crippen molar-refractivity contribution in [1.82, 2.24) is 4.90 Å². The number of hydrogen-bond donors (Lipinski definition) is 0. The van der Waals surface area contributed by atoms with Gasteiger partial charge in [0.2, 0.25) is 0 Å². The van der Waals surface area contributed by atoms with Crippen LogP contribution in [0.5, 0.6) is 0 Å². The molecule has 0 aromatic rings. The number of hydrogen-bond acceptors (Lipinski definition) is 1. The summed E-state index contributed by atoms with van der Waals surface area (Å²) >= 11 is 5.67. The minimum atomic E-state index is 0.576. The van der Waals surface area contributed by atoms with Gasteiger partial charge in [-0.3, -0.25) is 4.90 Å². The van der Waals surface area contributed by atoms with Gasteiger partial charge in [0.05, 0.1) is 0 Å². The molecule has 0 unspecified atom stereocenters. The van der Waals surface area contributed by atoms with E-state index < -0.39 is 0 Å². The molecule has 12 heavy (non-hydrogen) atoms. The van der Waals surface area contributed by atoms with Crippen LogP contribution >= 0.6 is 11.6 Å². The van der Waals surface area contributed by atoms with Gasteiger partial charge in [-0.1, -0.05) is 13.5 Å². The van der Waals surface area contributed by atoms with Crippen LogP contribution in [-0.4, -0.2) is 29.9 Å². The summed E-state index contributed by atoms with van der Waals surface area (Å²) in [4.78, 5) is 2.39. The molecule has 0 aliphatic heterocycles. The van der Waals surface area contributed by atoms with Crippen LogP contribution in [0.2, 0.25) is 0 Å². The van der Waals surface area contributed by atoms with E-state index in [0.717, 1.165) is 18.7 Å². The quantitative estimate of drug-likeness (QED) is 0.459. The van der Waals surface area contributed by atoms with Crippen molar-refractivity contribution in [2.75, 3.05) is 19.0 Å². The van der Waals surface area contributed by atoms with Gasteiger partial charge >= 0.3 is 0 Å². The van der Waals surface area contributed by atoms with Crippen LogP contribution in [0.1, 0.15) is 27.2 Å². The Labute approximate surface area is 81.4 Å². The Balaban J connectivity index is 3.86. The van der Waals surface area contributed by atoms with Crippen LogP contribution in [0, 0.1) is 0 Å². The molecule has 0 radical (unpaired) electrons. The van der Waals surface area contributed by atoms with Crippen LogP contribution in [0.15, 0.2) is 12.2 Å². The first-order valence-electron chi connectivity index (χ1n) is 4.58. The van der Waals surface area contributed by atoms with Gasteiger partial charge in [-0.25, -0.2) is 0 Å². The largest absolute Gasteiger partial charge is 0.297 e. The second-order valence-corrected chi connectivity index (χ2v) is 3.72. The summed E-state index contributed by atoms with van der Waals surface area (Å²) in [5, 5.41) is 0. The average Bonchev–Trinajstić information content (AvgIpc) is 2.03. The molecule has 0 fully saturated rings. The minimum Gasteiger partial charge on any atom is -0.297 e. The van der Waals surface area contributed by atoms with Crippen molar-refractivity contribution < 1.29 is 0 Å². The zero-order chi connectivity index (χ0) is 9.56. The Bertz CT molecular complexity index is 132. The standard InChI is InChI=1S/C10H20ClN/c1-5-6-12(9(2)3)8-10(4)7-11/h9H,4-8H2,1-3H3. The van der Waals surface area contributed by atoms with Crippen molar-refractivity contribution in [2.24, 2.45) is 0 Å². The monoisotopic (exact) mass is 189 g/mol. The van der Waals surface area contributed by atoms with Crippen LogP contribution in [-0.2, 0) is 0 Å². The highest BCUT2D eigenvalue weighted by atomic mass is 35.5. The number of rotatable bonds is 6. The van der Waals surface area contributed by atoms with Crippen molar-refractivity contribution in [2.45, 2.75) is 33.2 Å². The van der Waals surface area contributed by atoms with Gasteiger partial charge in [0, 0.05) is 18.5 Å². The summed E-state index contributed by atoms with van der Waals surface area (Å²) in [6.07, 6.45) is 1.19. The van der Waals surface area contributed by atoms with E-state index in [1.54, 1.807) is 0 Å². The zero-order valence-corrected chi connectivity index (χ0v) is 9.19. The van der Waals surface area contributed by atoms with Crippen LogP contribution in [0.4, 0.5) is 0 Å². The summed E-state index contributed by atoms with van der Waals surface area (Å²) < 4.78 is 0. The molecule has 0 saturated heterocycles. The molecule has 0 bridgehead atoms. The third kappa shape index (κ3) is 4.78. The molecular weight excluding hydrogens is 170 g/mol. The molecule has 0 N–H and O–H groups in total. The van der Waals surface area contributed by atoms with E-state index in [4.69, 9.17) is 11.6 Å². The highest BCUT2D eigenvalue weighted by molar-refractivity contribution is 6.19. The predicted molar refractivity (Wildman–Crippen MR) is 56.9 cm³/mol. The fourth-order valence-corrected chi connectivity index (χ4v) is 1.22. The summed E-state index contributed by atoms with van der Waals surface area (Å²) in [6, 6.07) is 0.588. The highest BCUT2D eigenvalue weighted by Crippen LogP contribution is 2.04. The fraction of sp³-hybridized carbons (Fsp3) is 0.800. The maximum Gasteiger partial charge on any atom is 0.0443 e. The average molecular weight is 190 g/mol. The van der Waals surface area contributed by atoms with E-state index in [0.29, 0.717) is 11.9 Å². The lowest BCUT2D eigenvalue weighted by molar-refractivity contribution is 0.241. The predicted octanol–water partition coefficient (Wildman–Crippen LogP) is 2.90. The fourth-order valence-electron chi connectivity index (χ4n) is 1.14. The Morgan fingerprint density at radius 2 is 2.08 bits per heavy atom. The van der Waals surface area contributed by atoms with Gasteiger partial charge in [-0.05, 0) is 32.4 Å². The lowest BCUT2D eigenvalue weighted by atomic mass is 10.2. The molecule has 0 rings (SSSR count). The first kappa shape index (κ1) is 12.0. The van der Waals surface area contributed by atoms with E-state index in [1.165, 1.54) is 6.42 Å². The highest BCUT2D eigenvalue weighted by Gasteiger charge is 2.08. The van der Waals surface area contributed by atoms with Gasteiger partial charge < -0.3 is 0 Å². The summed E-state index contributed by atoms with van der Waals surface area (Å²) in [7, 11) is 0. The maximum atomic E-state index is 5.67. The van der Waals surface area contributed by atoms with Gasteiger partial charge in [-0.15, -0.1) is 11.6 Å². The zero-order valence-electron chi connectivity index (χ0n) is 8.44. The van der Waals surface area contributed by atoms with Gasteiger partial charge in [0.15, 0.2) is 0 Å². The van der Waals surface area contributed by atoms with Crippen molar-refractivity contribution in [3.63, 3.8) is 0 Å². The Morgan fingerprint density at radius 3 is 2.42 bits per heavy atom. The molecule has 0 amide bonds. The number of alkyl halides is 1. The Morgan fingerprint density at radius 1 is 1.50 bits per heavy atom. The molecule has 0 aliphatic rings. The smallest absolute Gasteiger partial charge is 0.0443 e. The molecule has 2 heteroatoms. The van der Waals surface area contributed by atoms with E-state index in [9.17, 15) is 0 Å². The molecule has 0 heterocycles. The Kier molecular flexibility index (Phi) is 6.49. The number of halogens is 1. The van der Waals surface area contributed by atoms with E-state index >= 15 is 0 Å². The van der Waals surface area contributed by atoms with Crippen molar-refractivity contribution >= 4 is 11.6 Å². The molecule has 0 aromatic carbocycles. The van der Waals surface area contributed by atoms with Crippen molar-refractivity contribution in [3.8, 4) is 0 Å². The third-order valence-corrected chi connectivity index (χ3v) is 2.23. The van der Waals surface area contributed by atoms with Crippen LogP contribution < -0.4 is 0 Å². The summed E-state index contributed by atoms with van der Waals surface area (Å²) in [5.74, 6) is 0.576. The SMILES string of the molecule is C=C(CCl)CN(CCC)C(C)C. The molecule has 0 atom stereocenters. The second-order valence-electron chi connectivity index (χ2n) is 3.45. The van der Waals surface area contributed by atoms with Crippen molar-refractivity contribution in [3.05, 3.63) is 12.2 Å². The molecular formula is C10H20ClN. The summed E-state index contributed by atoms with van der Waals surface area (Å²) in [5.41, 5.74) is 1.11. The van der Waals surface area contributed by atoms with E-state index in [2.05, 4.69) is 32.3 Å². The minimum absolute atomic E-state index is 0.576. The lowest BCUT2D eigenvalue weighted by Gasteiger charge is -2.26. The third-order valence-electron chi connectivity index (χ3n) is 1.86. The van der Waals surface area contributed by atoms with Crippen LogP contribution in [0.25, 0.3) is 0 Å². The Hall–Kier alpha value is -0.0100. The molecule has 72 valence electrons. The lowest BCUT2D eigenvalue weighted by Crippen LogP contribution is -2.33. The molecule has 0 aliphatic carbocycles. The van der Waals surface area contributed by atoms with E-state index in [1.807, 2.05) is 0 Å². The molecule has 0 spiro atoms. The first-order chi connectivity index (χ1) is 5.61. The normalized spacial score (nSPS) is 11.2. The van der Waals surface area contributed by atoms with Gasteiger partial charge in [0.1, 0.15) is 0 Å². The molecule has 1 nitrogen and oxygen atoms in total. The molecule has 0 aromatic heterocycles. The van der Waals surface area contributed by atoms with E-state index in [-0.39, 0.29) is 0 Å². The second kappa shape index (κ2) is 6.50. The topological polar surface area (TPSA) is 3.24 Å². The molecule has 0 saturated carbocycles. The van der Waals surface area contributed by atoms with Crippen LogP contribution in [0.3, 0.4) is 0 Å². The van der Waals surface area contributed by atoms with Gasteiger partial charge in [0.25, 0.3) is 0 Å². The first-order valence-corrected chi connectivity index (χ1v) is 5.11. The van der Waals surface area contributed by atoms with Gasteiger partial charge in [-0.2, -0.15) is 0 Å². The maximum absolute atomic E-state index is 5.67. The number of nitrogens with zero attached hydrogens (tertiary/aromatic N) is 1.